The number of aromatic nitrogens is 3. The minimum Gasteiger partial charge on any atom is -0.355 e. The average Bonchev–Trinajstić information content (AvgIpc) is 3.32. The monoisotopic (exact) mass is 372 g/mol. The van der Waals surface area contributed by atoms with Crippen LogP contribution in [-0.4, -0.2) is 33.4 Å². The van der Waals surface area contributed by atoms with E-state index in [4.69, 9.17) is 0 Å². The molecule has 0 fully saturated rings. The molecule has 5 nitrogen and oxygen atoms in total. The second kappa shape index (κ2) is 8.82. The number of carbonyl (C=O) groups excluding carboxylic acids is 1. The molecule has 2 heterocycles. The maximum Gasteiger partial charge on any atom is 0.230 e. The Hall–Kier alpha value is -2.12. The molecule has 0 bridgehead atoms. The van der Waals surface area contributed by atoms with Crippen LogP contribution in [0.4, 0.5) is 0 Å². The Kier molecular flexibility index (Phi) is 6.25. The Morgan fingerprint density at radius 1 is 1.28 bits per heavy atom. The van der Waals surface area contributed by atoms with Gasteiger partial charge in [-0.1, -0.05) is 49.0 Å². The molecule has 0 atom stereocenters. The van der Waals surface area contributed by atoms with Crippen molar-refractivity contribution in [3.8, 4) is 11.4 Å². The van der Waals surface area contributed by atoms with Crippen molar-refractivity contribution >= 4 is 29.0 Å². The first-order valence-corrected chi connectivity index (χ1v) is 10.0. The molecular weight excluding hydrogens is 352 g/mol. The van der Waals surface area contributed by atoms with E-state index in [1.807, 2.05) is 23.6 Å². The average molecular weight is 373 g/mol. The lowest BCUT2D eigenvalue weighted by Gasteiger charge is -2.02. The van der Waals surface area contributed by atoms with Crippen LogP contribution in [-0.2, 0) is 17.6 Å². The molecule has 3 aromatic rings. The zero-order valence-electron chi connectivity index (χ0n) is 14.0. The summed E-state index contributed by atoms with van der Waals surface area (Å²) in [6.45, 7) is 2.78. The highest BCUT2D eigenvalue weighted by atomic mass is 32.2. The van der Waals surface area contributed by atoms with Gasteiger partial charge in [0.2, 0.25) is 11.1 Å². The van der Waals surface area contributed by atoms with Crippen LogP contribution in [0.1, 0.15) is 17.4 Å². The summed E-state index contributed by atoms with van der Waals surface area (Å²) < 4.78 is 0. The molecule has 7 heteroatoms. The van der Waals surface area contributed by atoms with Gasteiger partial charge in [-0.05, 0) is 29.9 Å². The third-order valence-electron chi connectivity index (χ3n) is 3.71. The topological polar surface area (TPSA) is 70.7 Å². The Bertz CT molecular complexity index is 797. The van der Waals surface area contributed by atoms with Crippen molar-refractivity contribution in [2.75, 3.05) is 12.3 Å². The molecule has 0 aliphatic rings. The summed E-state index contributed by atoms with van der Waals surface area (Å²) in [7, 11) is 0. The molecule has 130 valence electrons. The van der Waals surface area contributed by atoms with E-state index < -0.39 is 0 Å². The van der Waals surface area contributed by atoms with Crippen molar-refractivity contribution in [3.05, 3.63) is 52.2 Å². The van der Waals surface area contributed by atoms with Crippen molar-refractivity contribution in [3.63, 3.8) is 0 Å². The predicted octanol–water partition coefficient (Wildman–Crippen LogP) is 3.55. The number of benzene rings is 1. The second-order valence-electron chi connectivity index (χ2n) is 5.49. The van der Waals surface area contributed by atoms with Crippen molar-refractivity contribution in [2.24, 2.45) is 0 Å². The van der Waals surface area contributed by atoms with Gasteiger partial charge in [0, 0.05) is 17.0 Å². The highest BCUT2D eigenvalue weighted by Gasteiger charge is 2.09. The van der Waals surface area contributed by atoms with Gasteiger partial charge in [-0.2, -0.15) is 0 Å². The number of thioether (sulfide) groups is 1. The number of aryl methyl sites for hydroxylation is 1. The minimum absolute atomic E-state index is 0.000190. The highest BCUT2D eigenvalue weighted by molar-refractivity contribution is 7.99. The Morgan fingerprint density at radius 2 is 2.12 bits per heavy atom. The number of nitrogens with zero attached hydrogens (tertiary/aromatic N) is 2. The normalized spacial score (nSPS) is 10.8. The van der Waals surface area contributed by atoms with E-state index in [2.05, 4.69) is 45.6 Å². The fourth-order valence-electron chi connectivity index (χ4n) is 2.30. The molecule has 25 heavy (non-hydrogen) atoms. The quantitative estimate of drug-likeness (QED) is 0.593. The van der Waals surface area contributed by atoms with Gasteiger partial charge in [0.15, 0.2) is 5.82 Å². The number of thiophene rings is 1. The van der Waals surface area contributed by atoms with Crippen molar-refractivity contribution in [2.45, 2.75) is 24.9 Å². The molecule has 1 amide bonds. The first-order chi connectivity index (χ1) is 12.2. The predicted molar refractivity (Wildman–Crippen MR) is 103 cm³/mol. The van der Waals surface area contributed by atoms with E-state index in [1.165, 1.54) is 22.2 Å². The van der Waals surface area contributed by atoms with E-state index in [0.717, 1.165) is 24.2 Å². The summed E-state index contributed by atoms with van der Waals surface area (Å²) in [6, 6.07) is 12.3. The molecule has 2 N–H and O–H groups in total. The lowest BCUT2D eigenvalue weighted by atomic mass is 10.1. The van der Waals surface area contributed by atoms with Crippen molar-refractivity contribution in [1.29, 1.82) is 0 Å². The number of hydrogen-bond donors (Lipinski definition) is 2. The summed E-state index contributed by atoms with van der Waals surface area (Å²) in [6.07, 6.45) is 1.88. The highest BCUT2D eigenvalue weighted by Crippen LogP contribution is 2.19. The van der Waals surface area contributed by atoms with E-state index in [-0.39, 0.29) is 5.91 Å². The molecule has 0 radical (unpaired) electrons. The van der Waals surface area contributed by atoms with E-state index >= 15 is 0 Å². The molecular formula is C18H20N4OS2. The summed E-state index contributed by atoms with van der Waals surface area (Å²) in [4.78, 5) is 17.6. The minimum atomic E-state index is 0.000190. The third kappa shape index (κ3) is 5.17. The fourth-order valence-corrected chi connectivity index (χ4v) is 3.64. The second-order valence-corrected chi connectivity index (χ2v) is 7.46. The first-order valence-electron chi connectivity index (χ1n) is 8.18. The van der Waals surface area contributed by atoms with E-state index in [0.29, 0.717) is 17.5 Å². The van der Waals surface area contributed by atoms with Crippen LogP contribution in [0, 0.1) is 0 Å². The number of H-pyrrole nitrogens is 1. The third-order valence-corrected chi connectivity index (χ3v) is 5.49. The number of hydrogen-bond acceptors (Lipinski definition) is 5. The number of nitrogens with one attached hydrogen (secondary N) is 2. The number of carbonyl (C=O) groups is 1. The van der Waals surface area contributed by atoms with Gasteiger partial charge in [0.05, 0.1) is 5.75 Å². The van der Waals surface area contributed by atoms with Crippen LogP contribution >= 0.6 is 23.1 Å². The number of aromatic amines is 1. The number of amides is 1. The Balaban J connectivity index is 1.45. The largest absolute Gasteiger partial charge is 0.355 e. The molecule has 0 aliphatic heterocycles. The SMILES string of the molecule is CCc1ccc(-c2nc(SCC(=O)NCCc3cccs3)n[nH]2)cc1. The lowest BCUT2D eigenvalue weighted by Crippen LogP contribution is -2.27. The van der Waals surface area contributed by atoms with Crippen LogP contribution in [0.15, 0.2) is 46.9 Å². The summed E-state index contributed by atoms with van der Waals surface area (Å²) in [5.74, 6) is 1.04. The van der Waals surface area contributed by atoms with Gasteiger partial charge < -0.3 is 5.32 Å². The Morgan fingerprint density at radius 3 is 2.84 bits per heavy atom. The van der Waals surface area contributed by atoms with Gasteiger partial charge in [0.25, 0.3) is 0 Å². The van der Waals surface area contributed by atoms with Crippen LogP contribution in [0.3, 0.4) is 0 Å². The number of rotatable bonds is 8. The fraction of sp³-hybridized carbons (Fsp3) is 0.278. The van der Waals surface area contributed by atoms with Crippen molar-refractivity contribution in [1.82, 2.24) is 20.5 Å². The van der Waals surface area contributed by atoms with Gasteiger partial charge >= 0.3 is 0 Å². The summed E-state index contributed by atoms with van der Waals surface area (Å²) >= 11 is 3.04. The molecule has 0 unspecified atom stereocenters. The van der Waals surface area contributed by atoms with Gasteiger partial charge in [-0.25, -0.2) is 4.98 Å². The molecule has 0 spiro atoms. The molecule has 1 aromatic carbocycles. The lowest BCUT2D eigenvalue weighted by molar-refractivity contribution is -0.118. The molecule has 2 aromatic heterocycles. The van der Waals surface area contributed by atoms with Crippen LogP contribution in [0.25, 0.3) is 11.4 Å². The van der Waals surface area contributed by atoms with Crippen LogP contribution < -0.4 is 5.32 Å². The van der Waals surface area contributed by atoms with Crippen LogP contribution in [0.5, 0.6) is 0 Å². The molecule has 0 saturated carbocycles. The summed E-state index contributed by atoms with van der Waals surface area (Å²) in [5.41, 5.74) is 2.29. The summed E-state index contributed by atoms with van der Waals surface area (Å²) in [5, 5.41) is 12.7. The van der Waals surface area contributed by atoms with Gasteiger partial charge in [-0.3, -0.25) is 9.89 Å². The molecule has 0 saturated heterocycles. The van der Waals surface area contributed by atoms with E-state index in [1.54, 1.807) is 11.3 Å². The molecule has 3 rings (SSSR count). The van der Waals surface area contributed by atoms with Gasteiger partial charge in [0.1, 0.15) is 0 Å². The zero-order chi connectivity index (χ0) is 17.5. The maximum absolute atomic E-state index is 11.9. The first kappa shape index (κ1) is 17.7. The smallest absolute Gasteiger partial charge is 0.230 e. The van der Waals surface area contributed by atoms with Crippen LogP contribution in [0.2, 0.25) is 0 Å². The van der Waals surface area contributed by atoms with Gasteiger partial charge in [-0.15, -0.1) is 16.4 Å². The van der Waals surface area contributed by atoms with E-state index in [9.17, 15) is 4.79 Å². The zero-order valence-corrected chi connectivity index (χ0v) is 15.6. The van der Waals surface area contributed by atoms with Crippen molar-refractivity contribution < 1.29 is 4.79 Å². The maximum atomic E-state index is 11.9. The Labute approximate surface area is 155 Å². The molecule has 0 aliphatic carbocycles. The standard InChI is InChI=1S/C18H20N4OS2/c1-2-13-5-7-14(8-6-13)17-20-18(22-21-17)25-12-16(23)19-10-9-15-4-3-11-24-15/h3-8,11H,2,9-10,12H2,1H3,(H,19,23)(H,20,21,22).